The molecule has 4 rings (SSSR count). The van der Waals surface area contributed by atoms with Crippen molar-refractivity contribution in [2.75, 3.05) is 5.32 Å². The van der Waals surface area contributed by atoms with Crippen LogP contribution in [0, 0.1) is 0 Å². The summed E-state index contributed by atoms with van der Waals surface area (Å²) >= 11 is 9.65. The maximum absolute atomic E-state index is 13.8. The molecule has 10 heteroatoms. The van der Waals surface area contributed by atoms with Crippen LogP contribution in [0.1, 0.15) is 40.1 Å². The fourth-order valence-electron chi connectivity index (χ4n) is 3.51. The Labute approximate surface area is 189 Å². The first-order valence-corrected chi connectivity index (χ1v) is 10.6. The number of rotatable bonds is 4. The number of aromatic nitrogens is 2. The molecule has 1 aliphatic rings. The Bertz CT molecular complexity index is 1090. The summed E-state index contributed by atoms with van der Waals surface area (Å²) in [7, 11) is 0. The fraction of sp³-hybridized carbons (Fsp3) is 0.238. The average Bonchev–Trinajstić information content (AvgIpc) is 3.08. The number of hydrogen-bond acceptors (Lipinski definition) is 3. The van der Waals surface area contributed by atoms with Gasteiger partial charge in [-0.3, -0.25) is 4.79 Å². The number of benzene rings is 2. The number of amides is 1. The Kier molecular flexibility index (Phi) is 5.98. The van der Waals surface area contributed by atoms with Gasteiger partial charge in [-0.2, -0.15) is 18.3 Å². The molecule has 31 heavy (non-hydrogen) atoms. The standard InChI is InChI=1S/C21H17BrClF3N4O/c22-14-8-6-13(7-9-14)15-10-16(21(24,25)26)30-19(28-15)17(23)18(29-30)20(31)27-11-12-4-2-1-3-5-12/h1-9,15-16,28H,10-11H2,(H,27,31)/t15-,16-/m1/s1. The highest BCUT2D eigenvalue weighted by atomic mass is 79.9. The third-order valence-electron chi connectivity index (χ3n) is 5.08. The van der Waals surface area contributed by atoms with Crippen LogP contribution in [0.5, 0.6) is 0 Å². The predicted octanol–water partition coefficient (Wildman–Crippen LogP) is 5.89. The summed E-state index contributed by atoms with van der Waals surface area (Å²) < 4.78 is 43.1. The minimum atomic E-state index is -4.56. The minimum Gasteiger partial charge on any atom is -0.362 e. The van der Waals surface area contributed by atoms with Crippen molar-refractivity contribution in [3.8, 4) is 0 Å². The second-order valence-electron chi connectivity index (χ2n) is 7.17. The van der Waals surface area contributed by atoms with E-state index < -0.39 is 24.2 Å². The Balaban J connectivity index is 1.64. The molecule has 0 saturated heterocycles. The van der Waals surface area contributed by atoms with Crippen molar-refractivity contribution in [2.24, 2.45) is 0 Å². The molecular formula is C21H17BrClF3N4O. The maximum Gasteiger partial charge on any atom is 0.410 e. The topological polar surface area (TPSA) is 59.0 Å². The van der Waals surface area contributed by atoms with Crippen LogP contribution in [0.3, 0.4) is 0 Å². The normalized spacial score (nSPS) is 18.2. The molecule has 5 nitrogen and oxygen atoms in total. The number of carbonyl (C=O) groups excluding carboxylic acids is 1. The monoisotopic (exact) mass is 512 g/mol. The van der Waals surface area contributed by atoms with E-state index in [-0.39, 0.29) is 29.5 Å². The Morgan fingerprint density at radius 1 is 1.19 bits per heavy atom. The van der Waals surface area contributed by atoms with E-state index in [1.807, 2.05) is 30.3 Å². The lowest BCUT2D eigenvalue weighted by atomic mass is 9.97. The first kappa shape index (κ1) is 21.7. The Hall–Kier alpha value is -2.52. The highest BCUT2D eigenvalue weighted by Crippen LogP contribution is 2.46. The van der Waals surface area contributed by atoms with Gasteiger partial charge in [0, 0.05) is 17.4 Å². The average molecular weight is 514 g/mol. The summed E-state index contributed by atoms with van der Waals surface area (Å²) in [5, 5.41) is 9.48. The van der Waals surface area contributed by atoms with Crippen LogP contribution in [0.25, 0.3) is 0 Å². The molecule has 1 aliphatic heterocycles. The lowest BCUT2D eigenvalue weighted by Crippen LogP contribution is -2.35. The van der Waals surface area contributed by atoms with E-state index in [0.29, 0.717) is 5.56 Å². The van der Waals surface area contributed by atoms with E-state index in [0.717, 1.165) is 14.7 Å². The van der Waals surface area contributed by atoms with Gasteiger partial charge in [0.1, 0.15) is 10.8 Å². The maximum atomic E-state index is 13.8. The molecule has 0 radical (unpaired) electrons. The van der Waals surface area contributed by atoms with E-state index in [1.54, 1.807) is 24.3 Å². The van der Waals surface area contributed by atoms with Crippen LogP contribution < -0.4 is 10.6 Å². The van der Waals surface area contributed by atoms with Crippen LogP contribution in [-0.2, 0) is 6.54 Å². The smallest absolute Gasteiger partial charge is 0.362 e. The quantitative estimate of drug-likeness (QED) is 0.457. The number of halogens is 5. The van der Waals surface area contributed by atoms with Crippen molar-refractivity contribution in [3.05, 3.63) is 80.9 Å². The third kappa shape index (κ3) is 4.57. The molecule has 0 fully saturated rings. The zero-order chi connectivity index (χ0) is 22.2. The number of alkyl halides is 3. The lowest BCUT2D eigenvalue weighted by molar-refractivity contribution is -0.173. The first-order valence-electron chi connectivity index (χ1n) is 9.43. The number of anilines is 1. The zero-order valence-corrected chi connectivity index (χ0v) is 18.3. The van der Waals surface area contributed by atoms with E-state index in [4.69, 9.17) is 11.6 Å². The second-order valence-corrected chi connectivity index (χ2v) is 8.46. The second kappa shape index (κ2) is 8.55. The van der Waals surface area contributed by atoms with Crippen molar-refractivity contribution in [1.29, 1.82) is 0 Å². The summed E-state index contributed by atoms with van der Waals surface area (Å²) in [4.78, 5) is 12.6. The Morgan fingerprint density at radius 2 is 1.87 bits per heavy atom. The van der Waals surface area contributed by atoms with Crippen molar-refractivity contribution in [3.63, 3.8) is 0 Å². The molecular weight excluding hydrogens is 497 g/mol. The van der Waals surface area contributed by atoms with Crippen molar-refractivity contribution in [2.45, 2.75) is 31.2 Å². The first-order chi connectivity index (χ1) is 14.7. The van der Waals surface area contributed by atoms with E-state index in [9.17, 15) is 18.0 Å². The van der Waals surface area contributed by atoms with Crippen molar-refractivity contribution in [1.82, 2.24) is 15.1 Å². The van der Waals surface area contributed by atoms with Gasteiger partial charge in [0.15, 0.2) is 11.7 Å². The predicted molar refractivity (Wildman–Crippen MR) is 115 cm³/mol. The lowest BCUT2D eigenvalue weighted by Gasteiger charge is -2.33. The fourth-order valence-corrected chi connectivity index (χ4v) is 4.04. The molecule has 0 unspecified atom stereocenters. The van der Waals surface area contributed by atoms with Gasteiger partial charge in [-0.25, -0.2) is 4.68 Å². The van der Waals surface area contributed by atoms with Gasteiger partial charge in [0.25, 0.3) is 5.91 Å². The summed E-state index contributed by atoms with van der Waals surface area (Å²) in [6.07, 6.45) is -4.83. The van der Waals surface area contributed by atoms with Crippen LogP contribution in [0.2, 0.25) is 5.02 Å². The van der Waals surface area contributed by atoms with Gasteiger partial charge in [0.2, 0.25) is 0 Å². The molecule has 0 saturated carbocycles. The number of fused-ring (bicyclic) bond motifs is 1. The van der Waals surface area contributed by atoms with E-state index >= 15 is 0 Å². The molecule has 3 aromatic rings. The molecule has 162 valence electrons. The van der Waals surface area contributed by atoms with Crippen LogP contribution in [0.4, 0.5) is 19.0 Å². The van der Waals surface area contributed by atoms with Gasteiger partial charge in [-0.15, -0.1) is 0 Å². The highest BCUT2D eigenvalue weighted by Gasteiger charge is 2.47. The number of nitrogens with zero attached hydrogens (tertiary/aromatic N) is 2. The molecule has 1 aromatic heterocycles. The molecule has 0 spiro atoms. The molecule has 0 aliphatic carbocycles. The van der Waals surface area contributed by atoms with E-state index in [1.165, 1.54) is 0 Å². The van der Waals surface area contributed by atoms with Gasteiger partial charge in [-0.05, 0) is 23.3 Å². The highest BCUT2D eigenvalue weighted by molar-refractivity contribution is 9.10. The minimum absolute atomic E-state index is 0.0204. The van der Waals surface area contributed by atoms with Gasteiger partial charge >= 0.3 is 6.18 Å². The van der Waals surface area contributed by atoms with Crippen molar-refractivity contribution < 1.29 is 18.0 Å². The SMILES string of the molecule is O=C(NCc1ccccc1)c1nn2c(c1Cl)N[C@@H](c1ccc(Br)cc1)C[C@@H]2C(F)(F)F. The summed E-state index contributed by atoms with van der Waals surface area (Å²) in [6.45, 7) is 0.204. The van der Waals surface area contributed by atoms with Crippen LogP contribution in [0.15, 0.2) is 59.1 Å². The third-order valence-corrected chi connectivity index (χ3v) is 5.97. The molecule has 2 atom stereocenters. The molecule has 0 bridgehead atoms. The molecule has 2 heterocycles. The molecule has 2 N–H and O–H groups in total. The van der Waals surface area contributed by atoms with E-state index in [2.05, 4.69) is 31.7 Å². The van der Waals surface area contributed by atoms with Crippen LogP contribution >= 0.6 is 27.5 Å². The largest absolute Gasteiger partial charge is 0.410 e. The zero-order valence-electron chi connectivity index (χ0n) is 16.0. The molecule has 1 amide bonds. The van der Waals surface area contributed by atoms with Crippen molar-refractivity contribution >= 4 is 39.3 Å². The summed E-state index contributed by atoms with van der Waals surface area (Å²) in [6, 6.07) is 13.6. The number of carbonyl (C=O) groups is 1. The van der Waals surface area contributed by atoms with Gasteiger partial charge in [-0.1, -0.05) is 70.0 Å². The Morgan fingerprint density at radius 3 is 2.52 bits per heavy atom. The van der Waals surface area contributed by atoms with Gasteiger partial charge < -0.3 is 10.6 Å². The summed E-state index contributed by atoms with van der Waals surface area (Å²) in [5.74, 6) is -0.660. The van der Waals surface area contributed by atoms with Crippen LogP contribution in [-0.4, -0.2) is 21.9 Å². The number of nitrogens with one attached hydrogen (secondary N) is 2. The summed E-state index contributed by atoms with van der Waals surface area (Å²) in [5.41, 5.74) is 1.28. The number of hydrogen-bond donors (Lipinski definition) is 2. The van der Waals surface area contributed by atoms with Gasteiger partial charge in [0.05, 0.1) is 6.04 Å². The molecule has 2 aromatic carbocycles.